The molecule has 102 valence electrons. The zero-order valence-electron chi connectivity index (χ0n) is 10.6. The standard InChI is InChI=1S/C9H24N4O3Si/c1-15-17(2,16-8-13-9(11)14)7-3-5-12-6-4-10/h12H,3-8,10H2,1-2H3,(H3,11,13,14). The van der Waals surface area contributed by atoms with Gasteiger partial charge in [0.2, 0.25) is 0 Å². The van der Waals surface area contributed by atoms with Gasteiger partial charge in [-0.25, -0.2) is 4.79 Å². The zero-order valence-corrected chi connectivity index (χ0v) is 11.6. The fraction of sp³-hybridized carbons (Fsp3) is 0.889. The minimum Gasteiger partial charge on any atom is -0.398 e. The van der Waals surface area contributed by atoms with Crippen molar-refractivity contribution in [3.8, 4) is 0 Å². The van der Waals surface area contributed by atoms with Gasteiger partial charge in [0, 0.05) is 20.2 Å². The first-order chi connectivity index (χ1) is 8.04. The number of carbonyl (C=O) groups excluding carboxylic acids is 1. The normalized spacial score (nSPS) is 14.3. The highest BCUT2D eigenvalue weighted by Crippen LogP contribution is 2.13. The van der Waals surface area contributed by atoms with Crippen LogP contribution in [0.15, 0.2) is 0 Å². The van der Waals surface area contributed by atoms with Crippen molar-refractivity contribution in [1.82, 2.24) is 10.6 Å². The highest BCUT2D eigenvalue weighted by molar-refractivity contribution is 6.65. The lowest BCUT2D eigenvalue weighted by Gasteiger charge is -2.25. The van der Waals surface area contributed by atoms with Crippen molar-refractivity contribution in [1.29, 1.82) is 0 Å². The predicted molar refractivity (Wildman–Crippen MR) is 68.6 cm³/mol. The second-order valence-corrected chi connectivity index (χ2v) is 7.27. The van der Waals surface area contributed by atoms with E-state index in [1.807, 2.05) is 6.55 Å². The molecule has 0 aromatic rings. The maximum Gasteiger partial charge on any atom is 0.336 e. The summed E-state index contributed by atoms with van der Waals surface area (Å²) in [6.45, 7) is 4.39. The summed E-state index contributed by atoms with van der Waals surface area (Å²) in [7, 11) is -0.563. The third-order valence-electron chi connectivity index (χ3n) is 2.36. The van der Waals surface area contributed by atoms with Crippen LogP contribution in [-0.2, 0) is 8.85 Å². The van der Waals surface area contributed by atoms with Crippen molar-refractivity contribution in [2.75, 3.05) is 33.5 Å². The molecule has 0 rings (SSSR count). The van der Waals surface area contributed by atoms with Gasteiger partial charge >= 0.3 is 14.6 Å². The first-order valence-corrected chi connectivity index (χ1v) is 8.19. The van der Waals surface area contributed by atoms with Gasteiger partial charge in [-0.1, -0.05) is 0 Å². The summed E-state index contributed by atoms with van der Waals surface area (Å²) in [6, 6.07) is 0.253. The van der Waals surface area contributed by atoms with Crippen LogP contribution in [0.2, 0.25) is 12.6 Å². The molecule has 2 amide bonds. The van der Waals surface area contributed by atoms with Crippen molar-refractivity contribution in [2.45, 2.75) is 19.0 Å². The van der Waals surface area contributed by atoms with E-state index < -0.39 is 14.6 Å². The molecule has 8 heteroatoms. The molecule has 0 aliphatic rings. The number of amides is 2. The van der Waals surface area contributed by atoms with Gasteiger partial charge in [0.15, 0.2) is 0 Å². The van der Waals surface area contributed by atoms with Crippen LogP contribution in [0, 0.1) is 0 Å². The molecule has 1 unspecified atom stereocenters. The van der Waals surface area contributed by atoms with E-state index >= 15 is 0 Å². The Labute approximate surface area is 103 Å². The monoisotopic (exact) mass is 264 g/mol. The number of urea groups is 1. The molecule has 0 aliphatic carbocycles. The van der Waals surface area contributed by atoms with Crippen LogP contribution >= 0.6 is 0 Å². The van der Waals surface area contributed by atoms with E-state index in [1.165, 1.54) is 0 Å². The minimum atomic E-state index is -2.19. The van der Waals surface area contributed by atoms with Crippen LogP contribution in [0.5, 0.6) is 0 Å². The minimum absolute atomic E-state index is 0.0993. The smallest absolute Gasteiger partial charge is 0.336 e. The predicted octanol–water partition coefficient (Wildman–Crippen LogP) is -0.714. The molecule has 0 spiro atoms. The van der Waals surface area contributed by atoms with E-state index in [0.29, 0.717) is 6.54 Å². The summed E-state index contributed by atoms with van der Waals surface area (Å²) >= 11 is 0. The molecule has 0 radical (unpaired) electrons. The van der Waals surface area contributed by atoms with E-state index in [1.54, 1.807) is 7.11 Å². The van der Waals surface area contributed by atoms with Crippen molar-refractivity contribution in [3.63, 3.8) is 0 Å². The SMILES string of the molecule is CO[Si](C)(CCCNCCN)OCNC(N)=O. The molecule has 0 bridgehead atoms. The van der Waals surface area contributed by atoms with Crippen LogP contribution in [0.1, 0.15) is 6.42 Å². The van der Waals surface area contributed by atoms with Crippen LogP contribution in [0.4, 0.5) is 4.79 Å². The highest BCUT2D eigenvalue weighted by atomic mass is 28.4. The molecule has 0 saturated carbocycles. The Balaban J connectivity index is 3.72. The molecule has 0 heterocycles. The van der Waals surface area contributed by atoms with Crippen molar-refractivity contribution < 1.29 is 13.6 Å². The maximum absolute atomic E-state index is 10.5. The summed E-state index contributed by atoms with van der Waals surface area (Å²) in [6.07, 6.45) is 0.952. The summed E-state index contributed by atoms with van der Waals surface area (Å²) in [5, 5.41) is 5.59. The Morgan fingerprint density at radius 1 is 1.41 bits per heavy atom. The van der Waals surface area contributed by atoms with E-state index in [9.17, 15) is 4.79 Å². The van der Waals surface area contributed by atoms with Gasteiger partial charge in [-0.3, -0.25) is 0 Å². The molecule has 7 nitrogen and oxygen atoms in total. The van der Waals surface area contributed by atoms with Crippen LogP contribution in [0.25, 0.3) is 0 Å². The molecular formula is C9H24N4O3Si. The molecule has 1 atom stereocenters. The topological polar surface area (TPSA) is 112 Å². The Hall–Kier alpha value is -0.673. The molecule has 17 heavy (non-hydrogen) atoms. The van der Waals surface area contributed by atoms with Gasteiger partial charge in [-0.05, 0) is 25.6 Å². The van der Waals surface area contributed by atoms with Gasteiger partial charge in [-0.2, -0.15) is 0 Å². The Morgan fingerprint density at radius 2 is 2.12 bits per heavy atom. The average Bonchev–Trinajstić information content (AvgIpc) is 2.28. The molecule has 0 aromatic carbocycles. The van der Waals surface area contributed by atoms with Crippen LogP contribution in [0.3, 0.4) is 0 Å². The van der Waals surface area contributed by atoms with Crippen molar-refractivity contribution in [2.24, 2.45) is 11.5 Å². The Bertz CT molecular complexity index is 220. The Kier molecular flexibility index (Phi) is 9.00. The molecule has 0 fully saturated rings. The molecule has 0 aliphatic heterocycles. The molecule has 0 aromatic heterocycles. The number of hydrogen-bond donors (Lipinski definition) is 4. The van der Waals surface area contributed by atoms with E-state index in [2.05, 4.69) is 10.6 Å². The number of nitrogens with two attached hydrogens (primary N) is 2. The Morgan fingerprint density at radius 3 is 2.65 bits per heavy atom. The first kappa shape index (κ1) is 16.3. The quantitative estimate of drug-likeness (QED) is 0.236. The zero-order chi connectivity index (χ0) is 13.1. The maximum atomic E-state index is 10.5. The second-order valence-electron chi connectivity index (χ2n) is 3.81. The lowest BCUT2D eigenvalue weighted by molar-refractivity contribution is 0.186. The van der Waals surface area contributed by atoms with Crippen LogP contribution < -0.4 is 22.1 Å². The number of nitrogens with one attached hydrogen (secondary N) is 2. The third kappa shape index (κ3) is 9.07. The lowest BCUT2D eigenvalue weighted by Crippen LogP contribution is -2.43. The number of rotatable bonds is 10. The largest absolute Gasteiger partial charge is 0.398 e. The lowest BCUT2D eigenvalue weighted by atomic mass is 10.5. The van der Waals surface area contributed by atoms with E-state index in [-0.39, 0.29) is 6.73 Å². The fourth-order valence-electron chi connectivity index (χ4n) is 1.25. The highest BCUT2D eigenvalue weighted by Gasteiger charge is 2.29. The van der Waals surface area contributed by atoms with Gasteiger partial charge < -0.3 is 31.0 Å². The summed E-state index contributed by atoms with van der Waals surface area (Å²) in [5.41, 5.74) is 10.3. The average molecular weight is 264 g/mol. The molecular weight excluding hydrogens is 240 g/mol. The van der Waals surface area contributed by atoms with Gasteiger partial charge in [0.05, 0.1) is 0 Å². The van der Waals surface area contributed by atoms with Crippen molar-refractivity contribution in [3.05, 3.63) is 0 Å². The van der Waals surface area contributed by atoms with E-state index in [0.717, 1.165) is 25.6 Å². The number of carbonyl (C=O) groups is 1. The molecule has 0 saturated heterocycles. The van der Waals surface area contributed by atoms with Gasteiger partial charge in [0.1, 0.15) is 6.73 Å². The number of primary amides is 1. The fourth-order valence-corrected chi connectivity index (χ4v) is 2.92. The second kappa shape index (κ2) is 9.37. The van der Waals surface area contributed by atoms with Crippen LogP contribution in [-0.4, -0.2) is 48.1 Å². The van der Waals surface area contributed by atoms with E-state index in [4.69, 9.17) is 20.3 Å². The van der Waals surface area contributed by atoms with Gasteiger partial charge in [0.25, 0.3) is 0 Å². The third-order valence-corrected chi connectivity index (χ3v) is 5.24. The molecule has 6 N–H and O–H groups in total. The van der Waals surface area contributed by atoms with Gasteiger partial charge in [-0.15, -0.1) is 0 Å². The summed E-state index contributed by atoms with van der Waals surface area (Å²) in [5.74, 6) is 0. The number of hydrogen-bond acceptors (Lipinski definition) is 5. The summed E-state index contributed by atoms with van der Waals surface area (Å²) in [4.78, 5) is 10.5. The summed E-state index contributed by atoms with van der Waals surface area (Å²) < 4.78 is 10.9. The van der Waals surface area contributed by atoms with Crippen molar-refractivity contribution >= 4 is 14.6 Å². The first-order valence-electron chi connectivity index (χ1n) is 5.67.